The number of benzene rings is 1. The van der Waals surface area contributed by atoms with Gasteiger partial charge in [0.15, 0.2) is 11.5 Å². The van der Waals surface area contributed by atoms with Crippen LogP contribution >= 0.6 is 15.9 Å². The van der Waals surface area contributed by atoms with E-state index in [1.807, 2.05) is 12.1 Å². The van der Waals surface area contributed by atoms with Gasteiger partial charge in [0.05, 0.1) is 14.2 Å². The third-order valence-electron chi connectivity index (χ3n) is 4.34. The van der Waals surface area contributed by atoms with Gasteiger partial charge >= 0.3 is 0 Å². The maximum atomic E-state index is 6.09. The lowest BCUT2D eigenvalue weighted by Gasteiger charge is -2.39. The Kier molecular flexibility index (Phi) is 5.90. The lowest BCUT2D eigenvalue weighted by Crippen LogP contribution is -2.43. The molecule has 2 rings (SSSR count). The largest absolute Gasteiger partial charge is 0.493 e. The molecule has 1 fully saturated rings. The van der Waals surface area contributed by atoms with E-state index in [2.05, 4.69) is 27.8 Å². The third-order valence-corrected chi connectivity index (χ3v) is 5.03. The molecule has 1 aromatic carbocycles. The Morgan fingerprint density at radius 3 is 2.52 bits per heavy atom. The van der Waals surface area contributed by atoms with Gasteiger partial charge in [0.1, 0.15) is 0 Å². The molecule has 118 valence electrons. The quantitative estimate of drug-likeness (QED) is 0.878. The topological polar surface area (TPSA) is 47.7 Å². The summed E-state index contributed by atoms with van der Waals surface area (Å²) in [6, 6.07) is 4.77. The van der Waals surface area contributed by atoms with E-state index in [0.717, 1.165) is 22.5 Å². The summed E-state index contributed by atoms with van der Waals surface area (Å²) in [6.45, 7) is 3.98. The minimum Gasteiger partial charge on any atom is -0.493 e. The molecule has 0 aliphatic carbocycles. The minimum absolute atomic E-state index is 0.203. The van der Waals surface area contributed by atoms with Crippen molar-refractivity contribution in [3.05, 3.63) is 22.2 Å². The third kappa shape index (κ3) is 3.52. The van der Waals surface area contributed by atoms with Crippen LogP contribution in [-0.4, -0.2) is 38.3 Å². The molecule has 1 aliphatic heterocycles. The average Bonchev–Trinajstić information content (AvgIpc) is 2.50. The Morgan fingerprint density at radius 2 is 1.95 bits per heavy atom. The van der Waals surface area contributed by atoms with Crippen LogP contribution in [-0.2, 0) is 0 Å². The van der Waals surface area contributed by atoms with Crippen molar-refractivity contribution in [3.63, 3.8) is 0 Å². The first-order valence-corrected chi connectivity index (χ1v) is 8.28. The highest BCUT2D eigenvalue weighted by molar-refractivity contribution is 9.10. The maximum Gasteiger partial charge on any atom is 0.161 e. The molecular weight excluding hydrogens is 332 g/mol. The number of halogens is 1. The van der Waals surface area contributed by atoms with E-state index < -0.39 is 0 Å². The first-order chi connectivity index (χ1) is 10.1. The highest BCUT2D eigenvalue weighted by atomic mass is 79.9. The van der Waals surface area contributed by atoms with Crippen molar-refractivity contribution in [2.24, 2.45) is 5.73 Å². The van der Waals surface area contributed by atoms with E-state index in [1.54, 1.807) is 14.2 Å². The van der Waals surface area contributed by atoms with Crippen LogP contribution in [0.4, 0.5) is 0 Å². The number of rotatable bonds is 5. The van der Waals surface area contributed by atoms with E-state index in [-0.39, 0.29) is 6.04 Å². The Balaban J connectivity index is 2.37. The fourth-order valence-corrected chi connectivity index (χ4v) is 3.74. The SMILES string of the molecule is COc1cc(Br)c(C(CN)N2CCCCC2C)cc1OC. The summed E-state index contributed by atoms with van der Waals surface area (Å²) < 4.78 is 11.8. The van der Waals surface area contributed by atoms with Crippen LogP contribution < -0.4 is 15.2 Å². The van der Waals surface area contributed by atoms with Crippen molar-refractivity contribution >= 4 is 15.9 Å². The van der Waals surface area contributed by atoms with Gasteiger partial charge in [0, 0.05) is 23.1 Å². The first kappa shape index (κ1) is 16.6. The van der Waals surface area contributed by atoms with Crippen molar-refractivity contribution in [2.75, 3.05) is 27.3 Å². The van der Waals surface area contributed by atoms with Gasteiger partial charge in [0.25, 0.3) is 0 Å². The summed E-state index contributed by atoms with van der Waals surface area (Å²) >= 11 is 3.66. The molecule has 4 nitrogen and oxygen atoms in total. The van der Waals surface area contributed by atoms with E-state index in [0.29, 0.717) is 12.6 Å². The summed E-state index contributed by atoms with van der Waals surface area (Å²) in [5, 5.41) is 0. The smallest absolute Gasteiger partial charge is 0.161 e. The van der Waals surface area contributed by atoms with Crippen molar-refractivity contribution in [3.8, 4) is 11.5 Å². The van der Waals surface area contributed by atoms with Gasteiger partial charge < -0.3 is 15.2 Å². The monoisotopic (exact) mass is 356 g/mol. The number of hydrogen-bond acceptors (Lipinski definition) is 4. The molecule has 1 saturated heterocycles. The van der Waals surface area contributed by atoms with Crippen LogP contribution in [0.2, 0.25) is 0 Å². The van der Waals surface area contributed by atoms with Gasteiger partial charge in [-0.25, -0.2) is 0 Å². The molecule has 0 amide bonds. The van der Waals surface area contributed by atoms with Crippen LogP contribution in [0.3, 0.4) is 0 Å². The van der Waals surface area contributed by atoms with Gasteiger partial charge in [0.2, 0.25) is 0 Å². The number of methoxy groups -OCH3 is 2. The first-order valence-electron chi connectivity index (χ1n) is 7.49. The summed E-state index contributed by atoms with van der Waals surface area (Å²) in [7, 11) is 3.31. The molecule has 1 aromatic rings. The van der Waals surface area contributed by atoms with E-state index in [4.69, 9.17) is 15.2 Å². The molecule has 2 atom stereocenters. The average molecular weight is 357 g/mol. The molecule has 0 radical (unpaired) electrons. The number of hydrogen-bond donors (Lipinski definition) is 1. The molecule has 1 heterocycles. The van der Waals surface area contributed by atoms with Crippen LogP contribution in [0.15, 0.2) is 16.6 Å². The second kappa shape index (κ2) is 7.47. The zero-order valence-corrected chi connectivity index (χ0v) is 14.6. The Morgan fingerprint density at radius 1 is 1.29 bits per heavy atom. The highest BCUT2D eigenvalue weighted by Gasteiger charge is 2.28. The molecule has 2 N–H and O–H groups in total. The van der Waals surface area contributed by atoms with Crippen molar-refractivity contribution in [1.82, 2.24) is 4.90 Å². The molecule has 2 unspecified atom stereocenters. The number of nitrogens with zero attached hydrogens (tertiary/aromatic N) is 1. The number of ether oxygens (including phenoxy) is 2. The van der Waals surface area contributed by atoms with Crippen molar-refractivity contribution < 1.29 is 9.47 Å². The lowest BCUT2D eigenvalue weighted by atomic mass is 9.97. The molecule has 0 aromatic heterocycles. The zero-order valence-electron chi connectivity index (χ0n) is 13.1. The van der Waals surface area contributed by atoms with Gasteiger partial charge in [-0.3, -0.25) is 4.90 Å². The zero-order chi connectivity index (χ0) is 15.4. The maximum absolute atomic E-state index is 6.09. The van der Waals surface area contributed by atoms with Gasteiger partial charge in [-0.1, -0.05) is 22.4 Å². The van der Waals surface area contributed by atoms with Crippen molar-refractivity contribution in [1.29, 1.82) is 0 Å². The Labute approximate surface area is 135 Å². The highest BCUT2D eigenvalue weighted by Crippen LogP contribution is 2.39. The van der Waals surface area contributed by atoms with E-state index >= 15 is 0 Å². The molecular formula is C16H25BrN2O2. The second-order valence-electron chi connectivity index (χ2n) is 5.56. The fraction of sp³-hybridized carbons (Fsp3) is 0.625. The molecule has 0 bridgehead atoms. The molecule has 0 saturated carbocycles. The van der Waals surface area contributed by atoms with Gasteiger partial charge in [-0.2, -0.15) is 0 Å². The molecule has 1 aliphatic rings. The normalized spacial score (nSPS) is 21.1. The predicted octanol–water partition coefficient (Wildman–Crippen LogP) is 3.34. The van der Waals surface area contributed by atoms with E-state index in [1.165, 1.54) is 24.8 Å². The van der Waals surface area contributed by atoms with Gasteiger partial charge in [-0.15, -0.1) is 0 Å². The lowest BCUT2D eigenvalue weighted by molar-refractivity contribution is 0.108. The second-order valence-corrected chi connectivity index (χ2v) is 6.42. The van der Waals surface area contributed by atoms with E-state index in [9.17, 15) is 0 Å². The molecule has 5 heteroatoms. The number of likely N-dealkylation sites (tertiary alicyclic amines) is 1. The fourth-order valence-electron chi connectivity index (χ4n) is 3.15. The van der Waals surface area contributed by atoms with Gasteiger partial charge in [-0.05, 0) is 44.0 Å². The van der Waals surface area contributed by atoms with Crippen LogP contribution in [0.1, 0.15) is 37.8 Å². The summed E-state index contributed by atoms with van der Waals surface area (Å²) in [5.41, 5.74) is 7.26. The Hall–Kier alpha value is -0.780. The Bertz CT molecular complexity index is 482. The molecule has 0 spiro atoms. The summed E-state index contributed by atoms with van der Waals surface area (Å²) in [5.74, 6) is 1.48. The number of nitrogens with two attached hydrogens (primary N) is 1. The van der Waals surface area contributed by atoms with Crippen molar-refractivity contribution in [2.45, 2.75) is 38.3 Å². The minimum atomic E-state index is 0.203. The van der Waals surface area contributed by atoms with Crippen LogP contribution in [0.25, 0.3) is 0 Å². The van der Waals surface area contributed by atoms with Crippen LogP contribution in [0, 0.1) is 0 Å². The van der Waals surface area contributed by atoms with Crippen LogP contribution in [0.5, 0.6) is 11.5 Å². The predicted molar refractivity (Wildman–Crippen MR) is 89.1 cm³/mol. The summed E-state index contributed by atoms with van der Waals surface area (Å²) in [4.78, 5) is 2.51. The molecule has 21 heavy (non-hydrogen) atoms. The number of piperidine rings is 1. The summed E-state index contributed by atoms with van der Waals surface area (Å²) in [6.07, 6.45) is 3.79. The standard InChI is InChI=1S/C16H25BrN2O2/c1-11-6-4-5-7-19(11)14(10-18)12-8-15(20-2)16(21-3)9-13(12)17/h8-9,11,14H,4-7,10,18H2,1-3H3.